The first-order valence-electron chi connectivity index (χ1n) is 7.29. The number of anilines is 1. The van der Waals surface area contributed by atoms with E-state index in [-0.39, 0.29) is 0 Å². The first kappa shape index (κ1) is 18.5. The van der Waals surface area contributed by atoms with Gasteiger partial charge >= 0.3 is 0 Å². The number of nitrogens with one attached hydrogen (secondary N) is 2. The molecule has 0 unspecified atom stereocenters. The van der Waals surface area contributed by atoms with Crippen molar-refractivity contribution in [2.24, 2.45) is 5.10 Å². The Morgan fingerprint density at radius 1 is 1.12 bits per heavy atom. The maximum Gasteiger partial charge on any atom is 0.191 e. The molecule has 0 heterocycles. The molecule has 0 aliphatic rings. The minimum atomic E-state index is 0.388. The summed E-state index contributed by atoms with van der Waals surface area (Å²) in [6, 6.07) is 12.8. The molecule has 2 rings (SSSR count). The summed E-state index contributed by atoms with van der Waals surface area (Å²) in [5.74, 6) is 0.815. The molecule has 0 bridgehead atoms. The predicted octanol–water partition coefficient (Wildman–Crippen LogP) is 5.10. The summed E-state index contributed by atoms with van der Waals surface area (Å²) in [6.45, 7) is 4.43. The van der Waals surface area contributed by atoms with Crippen LogP contribution < -0.4 is 15.5 Å². The van der Waals surface area contributed by atoms with Gasteiger partial charge < -0.3 is 10.1 Å². The average Bonchev–Trinajstić information content (AvgIpc) is 2.57. The number of benzene rings is 2. The van der Waals surface area contributed by atoms with Gasteiger partial charge in [0.05, 0.1) is 22.4 Å². The van der Waals surface area contributed by atoms with Crippen LogP contribution >= 0.6 is 35.4 Å². The van der Waals surface area contributed by atoms with Gasteiger partial charge in [0, 0.05) is 5.69 Å². The van der Waals surface area contributed by atoms with Crippen LogP contribution in [0.25, 0.3) is 0 Å². The molecule has 126 valence electrons. The monoisotopic (exact) mass is 381 g/mol. The molecule has 0 spiro atoms. The average molecular weight is 382 g/mol. The molecule has 0 atom stereocenters. The number of nitrogens with zero attached hydrogens (tertiary/aromatic N) is 1. The molecular weight excluding hydrogens is 365 g/mol. The summed E-state index contributed by atoms with van der Waals surface area (Å²) in [7, 11) is 0. The van der Waals surface area contributed by atoms with E-state index in [1.165, 1.54) is 0 Å². The Hall–Kier alpha value is -1.82. The first-order valence-corrected chi connectivity index (χ1v) is 8.45. The number of halogens is 2. The number of ether oxygens (including phenoxy) is 1. The lowest BCUT2D eigenvalue weighted by Gasteiger charge is -2.09. The van der Waals surface area contributed by atoms with Gasteiger partial charge in [0.1, 0.15) is 5.75 Å². The zero-order chi connectivity index (χ0) is 17.5. The van der Waals surface area contributed by atoms with Crippen molar-refractivity contribution in [3.8, 4) is 5.75 Å². The number of thiocarbonyl (C=S) groups is 1. The highest BCUT2D eigenvalue weighted by Gasteiger charge is 2.03. The van der Waals surface area contributed by atoms with Crippen molar-refractivity contribution in [1.82, 2.24) is 5.43 Å². The van der Waals surface area contributed by atoms with Crippen LogP contribution in [0.1, 0.15) is 19.4 Å². The molecule has 0 amide bonds. The molecular formula is C17H17Cl2N3OS. The van der Waals surface area contributed by atoms with Gasteiger partial charge in [0.25, 0.3) is 0 Å². The van der Waals surface area contributed by atoms with Crippen molar-refractivity contribution < 1.29 is 4.74 Å². The van der Waals surface area contributed by atoms with Gasteiger partial charge in [0.2, 0.25) is 0 Å². The molecule has 0 aliphatic heterocycles. The van der Waals surface area contributed by atoms with Crippen LogP contribution in [0.5, 0.6) is 5.75 Å². The standard InChI is InChI=1S/C17H17Cl2N3OS/c1-3-23-14-7-5-13(6-8-14)20-17(24)22-21-11(2)12-4-9-15(18)16(19)10-12/h4-10H,3H2,1-2H3,(H2,20,22,24)/b21-11-. The quantitative estimate of drug-likeness (QED) is 0.429. The molecule has 0 aliphatic carbocycles. The van der Waals surface area contributed by atoms with E-state index in [4.69, 9.17) is 40.2 Å². The Bertz CT molecular complexity index is 748. The number of rotatable bonds is 5. The van der Waals surface area contributed by atoms with Crippen molar-refractivity contribution in [3.05, 3.63) is 58.1 Å². The Morgan fingerprint density at radius 2 is 1.83 bits per heavy atom. The minimum absolute atomic E-state index is 0.388. The molecule has 2 aromatic carbocycles. The van der Waals surface area contributed by atoms with Crippen LogP contribution in [0.15, 0.2) is 47.6 Å². The molecule has 4 nitrogen and oxygen atoms in total. The first-order chi connectivity index (χ1) is 11.5. The van der Waals surface area contributed by atoms with Gasteiger partial charge in [-0.2, -0.15) is 5.10 Å². The second-order valence-electron chi connectivity index (χ2n) is 4.85. The van der Waals surface area contributed by atoms with E-state index in [0.29, 0.717) is 21.8 Å². The van der Waals surface area contributed by atoms with E-state index in [2.05, 4.69) is 15.8 Å². The number of hydrazone groups is 1. The summed E-state index contributed by atoms with van der Waals surface area (Å²) in [6.07, 6.45) is 0. The minimum Gasteiger partial charge on any atom is -0.494 e. The van der Waals surface area contributed by atoms with Gasteiger partial charge in [-0.05, 0) is 68.0 Å². The van der Waals surface area contributed by atoms with E-state index in [9.17, 15) is 0 Å². The fourth-order valence-corrected chi connectivity index (χ4v) is 2.34. The lowest BCUT2D eigenvalue weighted by Crippen LogP contribution is -2.24. The Labute approximate surface area is 156 Å². The maximum atomic E-state index is 6.01. The van der Waals surface area contributed by atoms with Gasteiger partial charge in [-0.3, -0.25) is 5.43 Å². The fraction of sp³-hybridized carbons (Fsp3) is 0.176. The SMILES string of the molecule is CCOc1ccc(NC(=S)N/N=C(/C)c2ccc(Cl)c(Cl)c2)cc1. The van der Waals surface area contributed by atoms with Crippen LogP contribution in [0.4, 0.5) is 5.69 Å². The Morgan fingerprint density at radius 3 is 2.46 bits per heavy atom. The molecule has 7 heteroatoms. The van der Waals surface area contributed by atoms with Gasteiger partial charge in [-0.1, -0.05) is 29.3 Å². The Balaban J connectivity index is 1.94. The van der Waals surface area contributed by atoms with Crippen molar-refractivity contribution in [3.63, 3.8) is 0 Å². The third kappa shape index (κ3) is 5.37. The van der Waals surface area contributed by atoms with E-state index < -0.39 is 0 Å². The highest BCUT2D eigenvalue weighted by atomic mass is 35.5. The molecule has 0 radical (unpaired) electrons. The van der Waals surface area contributed by atoms with Crippen molar-refractivity contribution in [2.45, 2.75) is 13.8 Å². The number of hydrogen-bond acceptors (Lipinski definition) is 3. The van der Waals surface area contributed by atoms with Crippen molar-refractivity contribution >= 4 is 51.9 Å². The zero-order valence-corrected chi connectivity index (χ0v) is 15.6. The predicted molar refractivity (Wildman–Crippen MR) is 106 cm³/mol. The molecule has 0 fully saturated rings. The maximum absolute atomic E-state index is 6.01. The fourth-order valence-electron chi connectivity index (χ4n) is 1.88. The number of hydrogen-bond donors (Lipinski definition) is 2. The molecule has 0 saturated carbocycles. The molecule has 2 aromatic rings. The normalized spacial score (nSPS) is 11.1. The lowest BCUT2D eigenvalue weighted by molar-refractivity contribution is 0.340. The van der Waals surface area contributed by atoms with E-state index >= 15 is 0 Å². The Kier molecular flexibility index (Phi) is 6.85. The summed E-state index contributed by atoms with van der Waals surface area (Å²) < 4.78 is 5.39. The van der Waals surface area contributed by atoms with E-state index in [1.54, 1.807) is 12.1 Å². The summed E-state index contributed by atoms with van der Waals surface area (Å²) in [5.41, 5.74) is 5.25. The van der Waals surface area contributed by atoms with Crippen LogP contribution in [0.3, 0.4) is 0 Å². The topological polar surface area (TPSA) is 45.6 Å². The van der Waals surface area contributed by atoms with Crippen molar-refractivity contribution in [1.29, 1.82) is 0 Å². The summed E-state index contributed by atoms with van der Waals surface area (Å²) in [5, 5.41) is 8.67. The van der Waals surface area contributed by atoms with Crippen LogP contribution in [-0.2, 0) is 0 Å². The van der Waals surface area contributed by atoms with Gasteiger partial charge in [-0.15, -0.1) is 0 Å². The summed E-state index contributed by atoms with van der Waals surface area (Å²) in [4.78, 5) is 0. The van der Waals surface area contributed by atoms with Crippen LogP contribution in [0, 0.1) is 0 Å². The van der Waals surface area contributed by atoms with Crippen LogP contribution in [0.2, 0.25) is 10.0 Å². The molecule has 0 aromatic heterocycles. The van der Waals surface area contributed by atoms with Gasteiger partial charge in [-0.25, -0.2) is 0 Å². The highest BCUT2D eigenvalue weighted by Crippen LogP contribution is 2.22. The second-order valence-corrected chi connectivity index (χ2v) is 6.07. The molecule has 0 saturated heterocycles. The highest BCUT2D eigenvalue weighted by molar-refractivity contribution is 7.80. The second kappa shape index (κ2) is 8.87. The smallest absolute Gasteiger partial charge is 0.191 e. The molecule has 2 N–H and O–H groups in total. The lowest BCUT2D eigenvalue weighted by atomic mass is 10.1. The summed E-state index contributed by atoms with van der Waals surface area (Å²) >= 11 is 17.1. The third-order valence-electron chi connectivity index (χ3n) is 3.09. The van der Waals surface area contributed by atoms with Crippen molar-refractivity contribution in [2.75, 3.05) is 11.9 Å². The largest absolute Gasteiger partial charge is 0.494 e. The van der Waals surface area contributed by atoms with Crippen LogP contribution in [-0.4, -0.2) is 17.4 Å². The zero-order valence-electron chi connectivity index (χ0n) is 13.3. The van der Waals surface area contributed by atoms with E-state index in [1.807, 2.05) is 44.2 Å². The third-order valence-corrected chi connectivity index (χ3v) is 4.02. The van der Waals surface area contributed by atoms with E-state index in [0.717, 1.165) is 22.7 Å². The molecule has 24 heavy (non-hydrogen) atoms. The van der Waals surface area contributed by atoms with Gasteiger partial charge in [0.15, 0.2) is 5.11 Å².